The Bertz CT molecular complexity index is 1310. The minimum Gasteiger partial charge on any atom is -0.479 e. The van der Waals surface area contributed by atoms with Crippen molar-refractivity contribution in [3.63, 3.8) is 0 Å². The highest BCUT2D eigenvalue weighted by atomic mass is 16.7. The van der Waals surface area contributed by atoms with E-state index < -0.39 is 54.7 Å². The Morgan fingerprint density at radius 1 is 0.425 bits per heavy atom. The van der Waals surface area contributed by atoms with Crippen LogP contribution in [-0.4, -0.2) is 88.4 Å². The molecule has 428 valence electrons. The number of carbonyl (C=O) groups is 3. The smallest absolute Gasteiger partial charge is 0.335 e. The molecule has 0 saturated carbocycles. The van der Waals surface area contributed by atoms with Gasteiger partial charge in [-0.2, -0.15) is 0 Å². The number of carboxylic acids is 1. The number of allylic oxidation sites excluding steroid dienone is 4. The SMILES string of the molecule is CCCCCCC/C=C\C/C=C\CCCCCCCCCCCCCC(=O)OCC(COC1OC(C(=O)O)C(O)C(O)C1O)OC(=O)CCCCCCCCCCCCCCCCCCCCCCCCCC. The molecule has 11 nitrogen and oxygen atoms in total. The molecule has 0 radical (unpaired) electrons. The molecule has 1 aliphatic rings. The number of aliphatic carboxylic acids is 1. The molecule has 1 heterocycles. The van der Waals surface area contributed by atoms with Gasteiger partial charge in [0, 0.05) is 12.8 Å². The summed E-state index contributed by atoms with van der Waals surface area (Å²) in [7, 11) is 0. The minimum atomic E-state index is -1.86. The summed E-state index contributed by atoms with van der Waals surface area (Å²) in [5, 5.41) is 40.1. The van der Waals surface area contributed by atoms with Crippen LogP contribution in [0.25, 0.3) is 0 Å². The van der Waals surface area contributed by atoms with Crippen LogP contribution in [0.4, 0.5) is 0 Å². The van der Waals surface area contributed by atoms with Crippen LogP contribution in [0.3, 0.4) is 0 Å². The topological polar surface area (TPSA) is 169 Å². The summed E-state index contributed by atoms with van der Waals surface area (Å²) in [5.41, 5.74) is 0. The zero-order valence-electron chi connectivity index (χ0n) is 47.2. The monoisotopic (exact) mass is 1030 g/mol. The van der Waals surface area contributed by atoms with Crippen LogP contribution in [-0.2, 0) is 33.3 Å². The van der Waals surface area contributed by atoms with Crippen LogP contribution in [0, 0.1) is 0 Å². The van der Waals surface area contributed by atoms with Crippen molar-refractivity contribution in [2.75, 3.05) is 13.2 Å². The maximum absolute atomic E-state index is 12.9. The van der Waals surface area contributed by atoms with Gasteiger partial charge >= 0.3 is 17.9 Å². The summed E-state index contributed by atoms with van der Waals surface area (Å²) in [5.74, 6) is -2.42. The van der Waals surface area contributed by atoms with Crippen LogP contribution < -0.4 is 0 Å². The third-order valence-electron chi connectivity index (χ3n) is 14.6. The molecule has 1 aliphatic heterocycles. The first kappa shape index (κ1) is 68.7. The van der Waals surface area contributed by atoms with Gasteiger partial charge < -0.3 is 39.4 Å². The molecular formula is C62H114O11. The molecule has 0 amide bonds. The normalized spacial score (nSPS) is 18.5. The Kier molecular flexibility index (Phi) is 48.7. The van der Waals surface area contributed by atoms with Crippen molar-refractivity contribution in [2.45, 2.75) is 340 Å². The molecular weight excluding hydrogens is 921 g/mol. The van der Waals surface area contributed by atoms with Crippen LogP contribution >= 0.6 is 0 Å². The van der Waals surface area contributed by atoms with Gasteiger partial charge in [-0.1, -0.05) is 269 Å². The predicted molar refractivity (Wildman–Crippen MR) is 299 cm³/mol. The molecule has 1 rings (SSSR count). The van der Waals surface area contributed by atoms with E-state index in [1.807, 2.05) is 0 Å². The van der Waals surface area contributed by atoms with Crippen molar-refractivity contribution in [1.82, 2.24) is 0 Å². The van der Waals surface area contributed by atoms with Crippen molar-refractivity contribution in [3.05, 3.63) is 24.3 Å². The van der Waals surface area contributed by atoms with Gasteiger partial charge in [0.05, 0.1) is 6.61 Å². The quantitative estimate of drug-likeness (QED) is 0.0260. The van der Waals surface area contributed by atoms with Crippen LogP contribution in [0.1, 0.15) is 303 Å². The van der Waals surface area contributed by atoms with Gasteiger partial charge in [0.25, 0.3) is 0 Å². The van der Waals surface area contributed by atoms with Gasteiger partial charge in [-0.25, -0.2) is 4.79 Å². The second-order valence-electron chi connectivity index (χ2n) is 21.6. The van der Waals surface area contributed by atoms with Gasteiger partial charge in [-0.15, -0.1) is 0 Å². The molecule has 0 aromatic rings. The van der Waals surface area contributed by atoms with Gasteiger partial charge in [0.15, 0.2) is 18.5 Å². The molecule has 6 unspecified atom stereocenters. The number of hydrogen-bond donors (Lipinski definition) is 4. The molecule has 4 N–H and O–H groups in total. The maximum atomic E-state index is 12.9. The van der Waals surface area contributed by atoms with Gasteiger partial charge in [-0.05, 0) is 44.9 Å². The van der Waals surface area contributed by atoms with Crippen LogP contribution in [0.2, 0.25) is 0 Å². The highest BCUT2D eigenvalue weighted by Gasteiger charge is 2.47. The molecule has 73 heavy (non-hydrogen) atoms. The molecule has 11 heteroatoms. The highest BCUT2D eigenvalue weighted by molar-refractivity contribution is 5.73. The first-order chi connectivity index (χ1) is 35.7. The number of esters is 2. The molecule has 6 atom stereocenters. The average Bonchev–Trinajstić information content (AvgIpc) is 3.38. The van der Waals surface area contributed by atoms with E-state index in [1.54, 1.807) is 0 Å². The molecule has 1 fully saturated rings. The molecule has 0 aromatic heterocycles. The number of carboxylic acid groups (broad SMARTS) is 1. The number of rotatable bonds is 54. The number of carbonyl (C=O) groups excluding carboxylic acids is 2. The molecule has 0 aliphatic carbocycles. The summed E-state index contributed by atoms with van der Waals surface area (Å²) in [6.07, 6.45) is 53.8. The fourth-order valence-corrected chi connectivity index (χ4v) is 9.74. The molecule has 1 saturated heterocycles. The lowest BCUT2D eigenvalue weighted by atomic mass is 9.99. The summed E-state index contributed by atoms with van der Waals surface area (Å²) in [6.45, 7) is 3.87. The lowest BCUT2D eigenvalue weighted by molar-refractivity contribution is -0.298. The largest absolute Gasteiger partial charge is 0.479 e. The van der Waals surface area contributed by atoms with E-state index in [-0.39, 0.29) is 26.1 Å². The summed E-state index contributed by atoms with van der Waals surface area (Å²) < 4.78 is 21.9. The maximum Gasteiger partial charge on any atom is 0.335 e. The number of ether oxygens (including phenoxy) is 4. The number of hydrogen-bond acceptors (Lipinski definition) is 10. The summed E-state index contributed by atoms with van der Waals surface area (Å²) >= 11 is 0. The van der Waals surface area contributed by atoms with Crippen LogP contribution in [0.5, 0.6) is 0 Å². The Morgan fingerprint density at radius 3 is 1.14 bits per heavy atom. The van der Waals surface area contributed by atoms with E-state index in [0.717, 1.165) is 44.9 Å². The zero-order valence-corrected chi connectivity index (χ0v) is 47.2. The van der Waals surface area contributed by atoms with Crippen molar-refractivity contribution in [1.29, 1.82) is 0 Å². The number of aliphatic hydroxyl groups excluding tert-OH is 3. The average molecular weight is 1040 g/mol. The Balaban J connectivity index is 2.20. The minimum absolute atomic E-state index is 0.188. The Labute approximate surface area is 447 Å². The second kappa shape index (κ2) is 51.8. The van der Waals surface area contributed by atoms with E-state index in [2.05, 4.69) is 38.2 Å². The molecule has 0 bridgehead atoms. The second-order valence-corrected chi connectivity index (χ2v) is 21.6. The fourth-order valence-electron chi connectivity index (χ4n) is 9.74. The predicted octanol–water partition coefficient (Wildman–Crippen LogP) is 16.1. The van der Waals surface area contributed by atoms with E-state index in [9.17, 15) is 34.8 Å². The van der Waals surface area contributed by atoms with Crippen molar-refractivity contribution in [3.8, 4) is 0 Å². The fraction of sp³-hybridized carbons (Fsp3) is 0.887. The first-order valence-electron chi connectivity index (χ1n) is 30.9. The standard InChI is InChI=1S/C62H114O11/c1-3-5-7-9-11-13-15-17-19-21-23-25-27-29-31-33-35-37-39-41-43-45-47-49-51-56(64)72-54(53-71-62-59(67)57(65)58(66)60(73-62)61(68)69)52-70-55(63)50-48-46-44-42-40-38-36-34-32-30-28-26-24-22-20-18-16-14-12-10-8-6-4-2/h16,18,22,24,54,57-60,62,65-67H,3-15,17,19-21,23,25-53H2,1-2H3,(H,68,69)/b18-16-,24-22-. The number of aliphatic hydroxyl groups is 3. The lowest BCUT2D eigenvalue weighted by Crippen LogP contribution is -2.60. The van der Waals surface area contributed by atoms with Gasteiger partial charge in [-0.3, -0.25) is 9.59 Å². The van der Waals surface area contributed by atoms with E-state index >= 15 is 0 Å². The van der Waals surface area contributed by atoms with Crippen molar-refractivity contribution >= 4 is 17.9 Å². The first-order valence-corrected chi connectivity index (χ1v) is 30.9. The van der Waals surface area contributed by atoms with Crippen LogP contribution in [0.15, 0.2) is 24.3 Å². The van der Waals surface area contributed by atoms with Crippen molar-refractivity contribution in [2.24, 2.45) is 0 Å². The zero-order chi connectivity index (χ0) is 53.1. The summed E-state index contributed by atoms with van der Waals surface area (Å²) in [6, 6.07) is 0. The number of unbranched alkanes of at least 4 members (excludes halogenated alkanes) is 39. The lowest BCUT2D eigenvalue weighted by Gasteiger charge is -2.38. The molecule has 0 spiro atoms. The van der Waals surface area contributed by atoms with E-state index in [0.29, 0.717) is 12.8 Å². The molecule has 0 aromatic carbocycles. The van der Waals surface area contributed by atoms with E-state index in [4.69, 9.17) is 18.9 Å². The third kappa shape index (κ3) is 42.5. The summed E-state index contributed by atoms with van der Waals surface area (Å²) in [4.78, 5) is 37.2. The Hall–Kier alpha value is -2.31. The van der Waals surface area contributed by atoms with Crippen molar-refractivity contribution < 1.29 is 53.8 Å². The van der Waals surface area contributed by atoms with Gasteiger partial charge in [0.1, 0.15) is 24.9 Å². The third-order valence-corrected chi connectivity index (χ3v) is 14.6. The van der Waals surface area contributed by atoms with Gasteiger partial charge in [0.2, 0.25) is 0 Å². The Morgan fingerprint density at radius 2 is 0.767 bits per heavy atom. The highest BCUT2D eigenvalue weighted by Crippen LogP contribution is 2.24. The van der Waals surface area contributed by atoms with E-state index in [1.165, 1.54) is 218 Å².